The highest BCUT2D eigenvalue weighted by atomic mass is 79.9. The normalized spacial score (nSPS) is 10.2. The molecule has 0 unspecified atom stereocenters. The summed E-state index contributed by atoms with van der Waals surface area (Å²) in [7, 11) is 1.51. The summed E-state index contributed by atoms with van der Waals surface area (Å²) < 4.78 is 6.15. The van der Waals surface area contributed by atoms with Gasteiger partial charge in [-0.3, -0.25) is 4.79 Å². The van der Waals surface area contributed by atoms with E-state index in [-0.39, 0.29) is 5.91 Å². The Morgan fingerprint density at radius 3 is 2.65 bits per heavy atom. The molecule has 0 aliphatic heterocycles. The summed E-state index contributed by atoms with van der Waals surface area (Å²) in [6.07, 6.45) is 0. The summed E-state index contributed by atoms with van der Waals surface area (Å²) >= 11 is 9.28. The van der Waals surface area contributed by atoms with Gasteiger partial charge in [0.15, 0.2) is 0 Å². The first-order valence-corrected chi connectivity index (χ1v) is 7.09. The Balaban J connectivity index is 2.28. The number of hydrogen-bond acceptors (Lipinski definition) is 2. The molecule has 0 fully saturated rings. The average Bonchev–Trinajstić information content (AvgIpc) is 2.41. The van der Waals surface area contributed by atoms with Crippen LogP contribution >= 0.6 is 27.5 Å². The van der Waals surface area contributed by atoms with Crippen molar-refractivity contribution >= 4 is 39.1 Å². The molecule has 2 aromatic rings. The fraction of sp³-hybridized carbons (Fsp3) is 0.133. The first kappa shape index (κ1) is 14.9. The predicted octanol–water partition coefficient (Wildman–Crippen LogP) is 4.67. The predicted molar refractivity (Wildman–Crippen MR) is 84.8 cm³/mol. The van der Waals surface area contributed by atoms with E-state index < -0.39 is 0 Å². The van der Waals surface area contributed by atoms with Gasteiger partial charge in [-0.25, -0.2) is 0 Å². The lowest BCUT2D eigenvalue weighted by Crippen LogP contribution is -2.14. The van der Waals surface area contributed by atoms with Crippen molar-refractivity contribution < 1.29 is 9.53 Å². The molecule has 0 aliphatic carbocycles. The molecular formula is C15H13BrClNO2. The summed E-state index contributed by atoms with van der Waals surface area (Å²) in [6.45, 7) is 1.93. The number of carbonyl (C=O) groups is 1. The van der Waals surface area contributed by atoms with Crippen LogP contribution in [0.5, 0.6) is 5.75 Å². The molecule has 0 aromatic heterocycles. The maximum absolute atomic E-state index is 12.3. The van der Waals surface area contributed by atoms with Crippen molar-refractivity contribution in [1.29, 1.82) is 0 Å². The minimum absolute atomic E-state index is 0.232. The lowest BCUT2D eigenvalue weighted by molar-refractivity contribution is 0.102. The Morgan fingerprint density at radius 1 is 1.25 bits per heavy atom. The van der Waals surface area contributed by atoms with Crippen LogP contribution in [0.4, 0.5) is 5.69 Å². The summed E-state index contributed by atoms with van der Waals surface area (Å²) in [5.41, 5.74) is 2.18. The van der Waals surface area contributed by atoms with Crippen LogP contribution in [0.2, 0.25) is 5.02 Å². The molecule has 20 heavy (non-hydrogen) atoms. The molecule has 5 heteroatoms. The van der Waals surface area contributed by atoms with E-state index in [4.69, 9.17) is 16.3 Å². The second-order valence-electron chi connectivity index (χ2n) is 4.26. The molecule has 104 valence electrons. The van der Waals surface area contributed by atoms with Gasteiger partial charge in [-0.2, -0.15) is 0 Å². The highest BCUT2D eigenvalue weighted by Crippen LogP contribution is 2.25. The van der Waals surface area contributed by atoms with Gasteiger partial charge in [0.25, 0.3) is 5.91 Å². The van der Waals surface area contributed by atoms with E-state index in [1.807, 2.05) is 25.1 Å². The van der Waals surface area contributed by atoms with E-state index in [1.165, 1.54) is 7.11 Å². The number of benzene rings is 2. The number of methoxy groups -OCH3 is 1. The largest absolute Gasteiger partial charge is 0.496 e. The summed E-state index contributed by atoms with van der Waals surface area (Å²) in [6, 6.07) is 10.6. The molecule has 0 bridgehead atoms. The van der Waals surface area contributed by atoms with Crippen LogP contribution < -0.4 is 10.1 Å². The van der Waals surface area contributed by atoms with E-state index in [9.17, 15) is 4.79 Å². The van der Waals surface area contributed by atoms with Crippen molar-refractivity contribution in [2.24, 2.45) is 0 Å². The molecule has 0 spiro atoms. The standard InChI is InChI=1S/C15H13BrClNO2/c1-9-7-10(16)3-6-13(9)18-15(19)12-5-4-11(17)8-14(12)20-2/h3-8H,1-2H3,(H,18,19). The van der Waals surface area contributed by atoms with Crippen LogP contribution in [0, 0.1) is 6.92 Å². The third-order valence-corrected chi connectivity index (χ3v) is 3.57. The summed E-state index contributed by atoms with van der Waals surface area (Å²) in [5, 5.41) is 3.39. The minimum atomic E-state index is -0.232. The highest BCUT2D eigenvalue weighted by Gasteiger charge is 2.13. The second kappa shape index (κ2) is 6.29. The number of aryl methyl sites for hydroxylation is 1. The number of carbonyl (C=O) groups excluding carboxylic acids is 1. The minimum Gasteiger partial charge on any atom is -0.496 e. The number of rotatable bonds is 3. The van der Waals surface area contributed by atoms with Crippen LogP contribution in [0.3, 0.4) is 0 Å². The number of anilines is 1. The van der Waals surface area contributed by atoms with Crippen LogP contribution in [0.25, 0.3) is 0 Å². The van der Waals surface area contributed by atoms with Crippen LogP contribution in [-0.4, -0.2) is 13.0 Å². The first-order chi connectivity index (χ1) is 9.51. The van der Waals surface area contributed by atoms with Gasteiger partial charge in [-0.1, -0.05) is 27.5 Å². The van der Waals surface area contributed by atoms with Crippen molar-refractivity contribution in [1.82, 2.24) is 0 Å². The van der Waals surface area contributed by atoms with Crippen LogP contribution in [-0.2, 0) is 0 Å². The van der Waals surface area contributed by atoms with Crippen molar-refractivity contribution in [2.75, 3.05) is 12.4 Å². The van der Waals surface area contributed by atoms with Gasteiger partial charge in [0.2, 0.25) is 0 Å². The fourth-order valence-corrected chi connectivity index (χ4v) is 2.45. The van der Waals surface area contributed by atoms with Gasteiger partial charge >= 0.3 is 0 Å². The maximum atomic E-state index is 12.3. The van der Waals surface area contributed by atoms with Crippen LogP contribution in [0.15, 0.2) is 40.9 Å². The number of amides is 1. The fourth-order valence-electron chi connectivity index (χ4n) is 1.81. The van der Waals surface area contributed by atoms with E-state index in [0.717, 1.165) is 15.7 Å². The van der Waals surface area contributed by atoms with E-state index in [2.05, 4.69) is 21.2 Å². The van der Waals surface area contributed by atoms with E-state index >= 15 is 0 Å². The third kappa shape index (κ3) is 3.32. The summed E-state index contributed by atoms with van der Waals surface area (Å²) in [5.74, 6) is 0.216. The van der Waals surface area contributed by atoms with Gasteiger partial charge in [0.1, 0.15) is 5.75 Å². The zero-order chi connectivity index (χ0) is 14.7. The number of hydrogen-bond donors (Lipinski definition) is 1. The van der Waals surface area contributed by atoms with Gasteiger partial charge in [-0.15, -0.1) is 0 Å². The zero-order valence-electron chi connectivity index (χ0n) is 11.0. The summed E-state index contributed by atoms with van der Waals surface area (Å²) in [4.78, 5) is 12.3. The molecule has 3 nitrogen and oxygen atoms in total. The molecule has 0 aliphatic rings. The number of halogens is 2. The number of nitrogens with one attached hydrogen (secondary N) is 1. The van der Waals surface area contributed by atoms with Gasteiger partial charge in [-0.05, 0) is 48.9 Å². The lowest BCUT2D eigenvalue weighted by Gasteiger charge is -2.11. The Bertz CT molecular complexity index is 658. The SMILES string of the molecule is COc1cc(Cl)ccc1C(=O)Nc1ccc(Br)cc1C. The zero-order valence-corrected chi connectivity index (χ0v) is 13.4. The molecule has 0 atom stereocenters. The molecular weight excluding hydrogens is 342 g/mol. The van der Waals surface area contributed by atoms with Crippen molar-refractivity contribution in [3.05, 3.63) is 57.0 Å². The molecule has 2 aromatic carbocycles. The topological polar surface area (TPSA) is 38.3 Å². The highest BCUT2D eigenvalue weighted by molar-refractivity contribution is 9.10. The van der Waals surface area contributed by atoms with Crippen molar-refractivity contribution in [2.45, 2.75) is 6.92 Å². The Labute approximate surface area is 131 Å². The molecule has 1 N–H and O–H groups in total. The molecule has 0 radical (unpaired) electrons. The smallest absolute Gasteiger partial charge is 0.259 e. The molecule has 2 rings (SSSR count). The Morgan fingerprint density at radius 2 is 2.00 bits per heavy atom. The van der Waals surface area contributed by atoms with E-state index in [1.54, 1.807) is 18.2 Å². The van der Waals surface area contributed by atoms with Crippen molar-refractivity contribution in [3.8, 4) is 5.75 Å². The monoisotopic (exact) mass is 353 g/mol. The molecule has 0 saturated carbocycles. The van der Waals surface area contributed by atoms with Gasteiger partial charge in [0, 0.05) is 15.2 Å². The third-order valence-electron chi connectivity index (χ3n) is 2.84. The first-order valence-electron chi connectivity index (χ1n) is 5.92. The maximum Gasteiger partial charge on any atom is 0.259 e. The average molecular weight is 355 g/mol. The lowest BCUT2D eigenvalue weighted by atomic mass is 10.1. The van der Waals surface area contributed by atoms with Gasteiger partial charge < -0.3 is 10.1 Å². The van der Waals surface area contributed by atoms with Crippen molar-refractivity contribution in [3.63, 3.8) is 0 Å². The van der Waals surface area contributed by atoms with Gasteiger partial charge in [0.05, 0.1) is 12.7 Å². The molecule has 0 saturated heterocycles. The number of ether oxygens (including phenoxy) is 1. The van der Waals surface area contributed by atoms with Crippen LogP contribution in [0.1, 0.15) is 15.9 Å². The molecule has 1 amide bonds. The Kier molecular flexibility index (Phi) is 4.68. The molecule has 0 heterocycles. The Hall–Kier alpha value is -1.52. The quantitative estimate of drug-likeness (QED) is 0.869. The van der Waals surface area contributed by atoms with E-state index in [0.29, 0.717) is 16.3 Å². The second-order valence-corrected chi connectivity index (χ2v) is 5.61.